The number of nitrogens with one attached hydrogen (secondary N) is 1. The molecule has 0 aliphatic heterocycles. The van der Waals surface area contributed by atoms with Gasteiger partial charge < -0.3 is 10.1 Å². The zero-order chi connectivity index (χ0) is 15.9. The van der Waals surface area contributed by atoms with Crippen molar-refractivity contribution >= 4 is 44.1 Å². The fourth-order valence-electron chi connectivity index (χ4n) is 1.65. The molecule has 0 saturated heterocycles. The molecule has 22 heavy (non-hydrogen) atoms. The number of anilines is 1. The quantitative estimate of drug-likeness (QED) is 0.582. The molecule has 1 heterocycles. The third-order valence-electron chi connectivity index (χ3n) is 2.75. The summed E-state index contributed by atoms with van der Waals surface area (Å²) in [7, 11) is 0. The van der Waals surface area contributed by atoms with E-state index in [1.54, 1.807) is 5.38 Å². The predicted octanol–water partition coefficient (Wildman–Crippen LogP) is 3.91. The van der Waals surface area contributed by atoms with E-state index in [-0.39, 0.29) is 11.7 Å². The number of hydrogen-bond donors (Lipinski definition) is 1. The molecule has 116 valence electrons. The maximum atomic E-state index is 11.8. The monoisotopic (exact) mass is 382 g/mol. The number of carbonyl (C=O) groups is 2. The van der Waals surface area contributed by atoms with Crippen LogP contribution in [0.4, 0.5) is 5.13 Å². The Bertz CT molecular complexity index is 672. The first-order valence-electron chi connectivity index (χ1n) is 6.70. The minimum absolute atomic E-state index is 0.112. The molecule has 0 spiro atoms. The fourth-order valence-corrected chi connectivity index (χ4v) is 2.82. The molecule has 0 aliphatic rings. The van der Waals surface area contributed by atoms with Crippen molar-refractivity contribution in [2.45, 2.75) is 19.8 Å². The minimum Gasteiger partial charge on any atom is -0.492 e. The van der Waals surface area contributed by atoms with Crippen molar-refractivity contribution < 1.29 is 14.3 Å². The highest BCUT2D eigenvalue weighted by molar-refractivity contribution is 9.10. The standard InChI is InChI=1S/C15H15BrN2O3S/c1-10(19)12-9-22-15(17-12)18-14(20)7-4-8-21-13-6-3-2-5-11(13)16/h2-3,5-6,9H,4,7-8H2,1H3,(H,17,18,20). The number of nitrogens with zero attached hydrogens (tertiary/aromatic N) is 1. The van der Waals surface area contributed by atoms with Crippen LogP contribution in [-0.4, -0.2) is 23.3 Å². The number of halogens is 1. The maximum absolute atomic E-state index is 11.8. The summed E-state index contributed by atoms with van der Waals surface area (Å²) in [5.74, 6) is 0.507. The number of hydrogen-bond acceptors (Lipinski definition) is 5. The predicted molar refractivity (Wildman–Crippen MR) is 89.6 cm³/mol. The number of Topliss-reactive ketones (excluding diaryl/α,β-unsaturated/α-hetero) is 1. The van der Waals surface area contributed by atoms with Crippen LogP contribution in [0.3, 0.4) is 0 Å². The zero-order valence-electron chi connectivity index (χ0n) is 12.0. The third-order valence-corrected chi connectivity index (χ3v) is 4.17. The molecule has 1 aromatic heterocycles. The summed E-state index contributed by atoms with van der Waals surface area (Å²) in [6.45, 7) is 1.90. The second-order valence-corrected chi connectivity index (χ2v) is 6.24. The lowest BCUT2D eigenvalue weighted by Gasteiger charge is -2.07. The van der Waals surface area contributed by atoms with Gasteiger partial charge in [0, 0.05) is 18.7 Å². The maximum Gasteiger partial charge on any atom is 0.226 e. The van der Waals surface area contributed by atoms with Gasteiger partial charge in [0.05, 0.1) is 11.1 Å². The van der Waals surface area contributed by atoms with Gasteiger partial charge in [-0.05, 0) is 34.5 Å². The average Bonchev–Trinajstić information content (AvgIpc) is 2.94. The van der Waals surface area contributed by atoms with E-state index in [0.717, 1.165) is 10.2 Å². The Morgan fingerprint density at radius 1 is 1.36 bits per heavy atom. The van der Waals surface area contributed by atoms with Gasteiger partial charge in [0.15, 0.2) is 10.9 Å². The zero-order valence-corrected chi connectivity index (χ0v) is 14.4. The summed E-state index contributed by atoms with van der Waals surface area (Å²) < 4.78 is 6.48. The highest BCUT2D eigenvalue weighted by Crippen LogP contribution is 2.24. The van der Waals surface area contributed by atoms with Gasteiger partial charge in [0.1, 0.15) is 11.4 Å². The number of para-hydroxylation sites is 1. The van der Waals surface area contributed by atoms with Crippen LogP contribution in [0.2, 0.25) is 0 Å². The first-order chi connectivity index (χ1) is 10.6. The van der Waals surface area contributed by atoms with E-state index in [9.17, 15) is 9.59 Å². The molecular formula is C15H15BrN2O3S. The normalized spacial score (nSPS) is 10.3. The molecule has 0 saturated carbocycles. The van der Waals surface area contributed by atoms with Crippen molar-refractivity contribution in [3.8, 4) is 5.75 Å². The highest BCUT2D eigenvalue weighted by atomic mass is 79.9. The molecule has 2 aromatic rings. The van der Waals surface area contributed by atoms with E-state index in [0.29, 0.717) is 30.3 Å². The van der Waals surface area contributed by atoms with Gasteiger partial charge in [-0.1, -0.05) is 12.1 Å². The molecule has 0 aliphatic carbocycles. The molecule has 2 rings (SSSR count). The summed E-state index contributed by atoms with van der Waals surface area (Å²) in [6.07, 6.45) is 0.928. The Kier molecular flexibility index (Phi) is 6.09. The Labute approximate surface area is 140 Å². The van der Waals surface area contributed by atoms with Gasteiger partial charge in [-0.25, -0.2) is 4.98 Å². The van der Waals surface area contributed by atoms with E-state index >= 15 is 0 Å². The lowest BCUT2D eigenvalue weighted by molar-refractivity contribution is -0.116. The van der Waals surface area contributed by atoms with E-state index in [1.165, 1.54) is 18.3 Å². The molecule has 0 bridgehead atoms. The summed E-state index contributed by atoms with van der Waals surface area (Å²) in [5, 5.41) is 4.76. The Balaban J connectivity index is 1.71. The first-order valence-corrected chi connectivity index (χ1v) is 8.37. The number of amides is 1. The average molecular weight is 383 g/mol. The van der Waals surface area contributed by atoms with E-state index in [4.69, 9.17) is 4.74 Å². The van der Waals surface area contributed by atoms with Crippen molar-refractivity contribution in [1.29, 1.82) is 0 Å². The second kappa shape index (κ2) is 8.05. The topological polar surface area (TPSA) is 68.3 Å². The third kappa shape index (κ3) is 4.92. The van der Waals surface area contributed by atoms with Crippen LogP contribution >= 0.6 is 27.3 Å². The van der Waals surface area contributed by atoms with Gasteiger partial charge in [0.2, 0.25) is 5.91 Å². The van der Waals surface area contributed by atoms with Crippen LogP contribution in [0.1, 0.15) is 30.3 Å². The van der Waals surface area contributed by atoms with Gasteiger partial charge in [0.25, 0.3) is 0 Å². The molecular weight excluding hydrogens is 368 g/mol. The Morgan fingerprint density at radius 2 is 2.14 bits per heavy atom. The molecule has 1 aromatic carbocycles. The lowest BCUT2D eigenvalue weighted by Crippen LogP contribution is -2.13. The second-order valence-electron chi connectivity index (χ2n) is 4.52. The van der Waals surface area contributed by atoms with Gasteiger partial charge in [-0.15, -0.1) is 11.3 Å². The van der Waals surface area contributed by atoms with Crippen LogP contribution in [0, 0.1) is 0 Å². The van der Waals surface area contributed by atoms with Crippen molar-refractivity contribution in [2.24, 2.45) is 0 Å². The van der Waals surface area contributed by atoms with Crippen LogP contribution < -0.4 is 10.1 Å². The fraction of sp³-hybridized carbons (Fsp3) is 0.267. The number of rotatable bonds is 7. The molecule has 5 nitrogen and oxygen atoms in total. The van der Waals surface area contributed by atoms with E-state index in [1.807, 2.05) is 24.3 Å². The van der Waals surface area contributed by atoms with Crippen LogP contribution in [0.15, 0.2) is 34.1 Å². The van der Waals surface area contributed by atoms with Crippen molar-refractivity contribution in [3.05, 3.63) is 39.8 Å². The summed E-state index contributed by atoms with van der Waals surface area (Å²) in [6, 6.07) is 7.57. The molecule has 0 fully saturated rings. The van der Waals surface area contributed by atoms with Crippen molar-refractivity contribution in [1.82, 2.24) is 4.98 Å². The molecule has 1 amide bonds. The smallest absolute Gasteiger partial charge is 0.226 e. The summed E-state index contributed by atoms with van der Waals surface area (Å²) >= 11 is 4.64. The number of thiazole rings is 1. The van der Waals surface area contributed by atoms with Crippen molar-refractivity contribution in [3.63, 3.8) is 0 Å². The SMILES string of the molecule is CC(=O)c1csc(NC(=O)CCCOc2ccccc2Br)n1. The largest absolute Gasteiger partial charge is 0.492 e. The van der Waals surface area contributed by atoms with Crippen molar-refractivity contribution in [2.75, 3.05) is 11.9 Å². The van der Waals surface area contributed by atoms with Gasteiger partial charge in [-0.2, -0.15) is 0 Å². The molecule has 1 N–H and O–H groups in total. The van der Waals surface area contributed by atoms with Crippen LogP contribution in [0.25, 0.3) is 0 Å². The highest BCUT2D eigenvalue weighted by Gasteiger charge is 2.09. The lowest BCUT2D eigenvalue weighted by atomic mass is 10.3. The van der Waals surface area contributed by atoms with Gasteiger partial charge >= 0.3 is 0 Å². The number of aromatic nitrogens is 1. The molecule has 0 unspecified atom stereocenters. The number of carbonyl (C=O) groups excluding carboxylic acids is 2. The molecule has 7 heteroatoms. The number of ether oxygens (including phenoxy) is 1. The van der Waals surface area contributed by atoms with Crippen LogP contribution in [-0.2, 0) is 4.79 Å². The minimum atomic E-state index is -0.139. The van der Waals surface area contributed by atoms with E-state index in [2.05, 4.69) is 26.2 Å². The molecule has 0 radical (unpaired) electrons. The summed E-state index contributed by atoms with van der Waals surface area (Å²) in [5.41, 5.74) is 0.373. The first kappa shape index (κ1) is 16.6. The Morgan fingerprint density at radius 3 is 2.82 bits per heavy atom. The van der Waals surface area contributed by atoms with Crippen LogP contribution in [0.5, 0.6) is 5.75 Å². The van der Waals surface area contributed by atoms with Gasteiger partial charge in [-0.3, -0.25) is 9.59 Å². The number of benzene rings is 1. The van der Waals surface area contributed by atoms with E-state index < -0.39 is 0 Å². The summed E-state index contributed by atoms with van der Waals surface area (Å²) in [4.78, 5) is 26.9. The number of ketones is 1. The molecule has 0 atom stereocenters. The Hall–Kier alpha value is -1.73.